The Morgan fingerprint density at radius 2 is 2.00 bits per heavy atom. The van der Waals surface area contributed by atoms with Crippen molar-refractivity contribution in [1.29, 1.82) is 0 Å². The molecule has 6 heteroatoms. The van der Waals surface area contributed by atoms with E-state index >= 15 is 0 Å². The first-order chi connectivity index (χ1) is 12.2. The number of nitrogens with one attached hydrogen (secondary N) is 1. The fourth-order valence-corrected chi connectivity index (χ4v) is 3.89. The lowest BCUT2D eigenvalue weighted by Gasteiger charge is -2.34. The Labute approximate surface area is 153 Å². The van der Waals surface area contributed by atoms with E-state index in [-0.39, 0.29) is 11.9 Å². The molecule has 1 N–H and O–H groups in total. The predicted molar refractivity (Wildman–Crippen MR) is 102 cm³/mol. The highest BCUT2D eigenvalue weighted by Gasteiger charge is 2.28. The van der Waals surface area contributed by atoms with Gasteiger partial charge in [0.2, 0.25) is 0 Å². The van der Waals surface area contributed by atoms with Crippen LogP contribution in [-0.2, 0) is 9.53 Å². The molecule has 25 heavy (non-hydrogen) atoms. The fourth-order valence-electron chi connectivity index (χ4n) is 3.89. The van der Waals surface area contributed by atoms with E-state index in [1.165, 1.54) is 25.7 Å². The maximum Gasteiger partial charge on any atom is 0.310 e. The number of piperidine rings is 1. The van der Waals surface area contributed by atoms with Gasteiger partial charge in [0.1, 0.15) is 0 Å². The van der Waals surface area contributed by atoms with Crippen LogP contribution in [0.5, 0.6) is 0 Å². The van der Waals surface area contributed by atoms with Crippen molar-refractivity contribution in [3.63, 3.8) is 0 Å². The molecule has 0 aromatic carbocycles. The highest BCUT2D eigenvalue weighted by atomic mass is 16.5. The maximum atomic E-state index is 12.1. The first-order valence-electron chi connectivity index (χ1n) is 10.1. The van der Waals surface area contributed by atoms with E-state index < -0.39 is 0 Å². The van der Waals surface area contributed by atoms with E-state index in [4.69, 9.17) is 9.73 Å². The van der Waals surface area contributed by atoms with Gasteiger partial charge in [-0.1, -0.05) is 12.8 Å². The SMILES string of the molecule is CCNC(=NCCN(C)C1CCCC1)N1CCCC(C(=O)OCC)C1. The summed E-state index contributed by atoms with van der Waals surface area (Å²) in [5.41, 5.74) is 0. The van der Waals surface area contributed by atoms with Crippen LogP contribution in [0.3, 0.4) is 0 Å². The number of likely N-dealkylation sites (N-methyl/N-ethyl adjacent to an activating group) is 1. The zero-order valence-corrected chi connectivity index (χ0v) is 16.3. The summed E-state index contributed by atoms with van der Waals surface area (Å²) in [6.07, 6.45) is 7.31. The van der Waals surface area contributed by atoms with Crippen molar-refractivity contribution < 1.29 is 9.53 Å². The molecule has 144 valence electrons. The smallest absolute Gasteiger partial charge is 0.310 e. The van der Waals surface area contributed by atoms with Crippen LogP contribution < -0.4 is 5.32 Å². The van der Waals surface area contributed by atoms with Crippen LogP contribution in [0.4, 0.5) is 0 Å². The Morgan fingerprint density at radius 3 is 2.68 bits per heavy atom. The summed E-state index contributed by atoms with van der Waals surface area (Å²) in [6.45, 7) is 8.72. The van der Waals surface area contributed by atoms with Gasteiger partial charge in [0.25, 0.3) is 0 Å². The second-order valence-corrected chi connectivity index (χ2v) is 7.19. The second kappa shape index (κ2) is 10.6. The van der Waals surface area contributed by atoms with Gasteiger partial charge >= 0.3 is 5.97 Å². The molecule has 0 bridgehead atoms. The predicted octanol–water partition coefficient (Wildman–Crippen LogP) is 2.10. The van der Waals surface area contributed by atoms with E-state index in [0.717, 1.165) is 51.0 Å². The molecule has 0 aromatic heterocycles. The summed E-state index contributed by atoms with van der Waals surface area (Å²) in [7, 11) is 2.22. The maximum absolute atomic E-state index is 12.1. The average Bonchev–Trinajstić information content (AvgIpc) is 3.16. The molecule has 1 saturated carbocycles. The molecule has 0 spiro atoms. The second-order valence-electron chi connectivity index (χ2n) is 7.19. The number of carbonyl (C=O) groups is 1. The Kier molecular flexibility index (Phi) is 8.52. The minimum Gasteiger partial charge on any atom is -0.466 e. The van der Waals surface area contributed by atoms with Gasteiger partial charge in [0.15, 0.2) is 5.96 Å². The number of aliphatic imine (C=N–C) groups is 1. The van der Waals surface area contributed by atoms with Crippen LogP contribution in [-0.4, -0.2) is 74.1 Å². The Bertz CT molecular complexity index is 435. The van der Waals surface area contributed by atoms with Crippen LogP contribution in [0.1, 0.15) is 52.4 Å². The third kappa shape index (κ3) is 6.17. The van der Waals surface area contributed by atoms with E-state index in [9.17, 15) is 4.79 Å². The normalized spacial score (nSPS) is 22.5. The molecule has 1 heterocycles. The molecule has 1 aliphatic heterocycles. The number of rotatable bonds is 7. The zero-order chi connectivity index (χ0) is 18.1. The molecule has 1 aliphatic carbocycles. The zero-order valence-electron chi connectivity index (χ0n) is 16.3. The molecule has 2 aliphatic rings. The average molecular weight is 353 g/mol. The Balaban J connectivity index is 1.87. The number of carbonyl (C=O) groups excluding carboxylic acids is 1. The molecule has 1 atom stereocenters. The van der Waals surface area contributed by atoms with E-state index in [2.05, 4.69) is 29.1 Å². The molecule has 2 rings (SSSR count). The van der Waals surface area contributed by atoms with Crippen LogP contribution in [0.15, 0.2) is 4.99 Å². The third-order valence-electron chi connectivity index (χ3n) is 5.34. The minimum atomic E-state index is -0.0657. The van der Waals surface area contributed by atoms with Crippen LogP contribution >= 0.6 is 0 Å². The molecule has 0 aromatic rings. The summed E-state index contributed by atoms with van der Waals surface area (Å²) in [6, 6.07) is 0.737. The summed E-state index contributed by atoms with van der Waals surface area (Å²) >= 11 is 0. The molecule has 1 saturated heterocycles. The third-order valence-corrected chi connectivity index (χ3v) is 5.34. The fraction of sp³-hybridized carbons (Fsp3) is 0.895. The molecular formula is C19H36N4O2. The van der Waals surface area contributed by atoms with Crippen molar-refractivity contribution in [3.8, 4) is 0 Å². The monoisotopic (exact) mass is 352 g/mol. The van der Waals surface area contributed by atoms with Crippen LogP contribution in [0.2, 0.25) is 0 Å². The lowest BCUT2D eigenvalue weighted by Crippen LogP contribution is -2.48. The van der Waals surface area contributed by atoms with Gasteiger partial charge in [0.05, 0.1) is 19.1 Å². The number of likely N-dealkylation sites (tertiary alicyclic amines) is 1. The van der Waals surface area contributed by atoms with Gasteiger partial charge in [-0.05, 0) is 46.6 Å². The number of hydrogen-bond acceptors (Lipinski definition) is 4. The lowest BCUT2D eigenvalue weighted by atomic mass is 9.98. The summed E-state index contributed by atoms with van der Waals surface area (Å²) in [4.78, 5) is 21.6. The van der Waals surface area contributed by atoms with Gasteiger partial charge in [-0.15, -0.1) is 0 Å². The van der Waals surface area contributed by atoms with E-state index in [0.29, 0.717) is 13.2 Å². The number of ether oxygens (including phenoxy) is 1. The highest BCUT2D eigenvalue weighted by Crippen LogP contribution is 2.22. The standard InChI is InChI=1S/C19H36N4O2/c1-4-20-19(21-12-14-22(3)17-10-6-7-11-17)23-13-8-9-16(15-23)18(24)25-5-2/h16-17H,4-15H2,1-3H3,(H,20,21). The molecule has 0 radical (unpaired) electrons. The van der Waals surface area contributed by atoms with Crippen molar-refractivity contribution in [1.82, 2.24) is 15.1 Å². The first-order valence-corrected chi connectivity index (χ1v) is 10.1. The van der Waals surface area contributed by atoms with Gasteiger partial charge in [-0.25, -0.2) is 0 Å². The highest BCUT2D eigenvalue weighted by molar-refractivity contribution is 5.81. The molecular weight excluding hydrogens is 316 g/mol. The molecule has 6 nitrogen and oxygen atoms in total. The Hall–Kier alpha value is -1.30. The summed E-state index contributed by atoms with van der Waals surface area (Å²) in [5, 5.41) is 3.39. The van der Waals surface area contributed by atoms with Gasteiger partial charge in [0, 0.05) is 32.2 Å². The summed E-state index contributed by atoms with van der Waals surface area (Å²) in [5.74, 6) is 0.846. The molecule has 2 fully saturated rings. The molecule has 0 amide bonds. The quantitative estimate of drug-likeness (QED) is 0.432. The van der Waals surface area contributed by atoms with Crippen molar-refractivity contribution in [2.45, 2.75) is 58.4 Å². The van der Waals surface area contributed by atoms with Crippen LogP contribution in [0, 0.1) is 5.92 Å². The largest absolute Gasteiger partial charge is 0.466 e. The van der Waals surface area contributed by atoms with E-state index in [1.807, 2.05) is 6.92 Å². The van der Waals surface area contributed by atoms with Gasteiger partial charge in [-0.3, -0.25) is 9.79 Å². The van der Waals surface area contributed by atoms with Crippen molar-refractivity contribution in [3.05, 3.63) is 0 Å². The van der Waals surface area contributed by atoms with Gasteiger partial charge < -0.3 is 19.9 Å². The molecule has 1 unspecified atom stereocenters. The number of esters is 1. The first kappa shape index (κ1) is 20.0. The number of guanidine groups is 1. The Morgan fingerprint density at radius 1 is 1.24 bits per heavy atom. The van der Waals surface area contributed by atoms with Crippen molar-refractivity contribution in [2.24, 2.45) is 10.9 Å². The van der Waals surface area contributed by atoms with Gasteiger partial charge in [-0.2, -0.15) is 0 Å². The summed E-state index contributed by atoms with van der Waals surface area (Å²) < 4.78 is 5.21. The lowest BCUT2D eigenvalue weighted by molar-refractivity contribution is -0.149. The van der Waals surface area contributed by atoms with Crippen molar-refractivity contribution >= 4 is 11.9 Å². The number of hydrogen-bond donors (Lipinski definition) is 1. The van der Waals surface area contributed by atoms with E-state index in [1.54, 1.807) is 0 Å². The van der Waals surface area contributed by atoms with Crippen LogP contribution in [0.25, 0.3) is 0 Å². The number of nitrogens with zero attached hydrogens (tertiary/aromatic N) is 3. The van der Waals surface area contributed by atoms with Crippen molar-refractivity contribution in [2.75, 3.05) is 46.4 Å². The minimum absolute atomic E-state index is 0.0290. The topological polar surface area (TPSA) is 57.2 Å².